The number of hydrogen-bond acceptors (Lipinski definition) is 3. The van der Waals surface area contributed by atoms with E-state index in [0.29, 0.717) is 13.2 Å². The second-order valence-corrected chi connectivity index (χ2v) is 5.15. The fraction of sp³-hybridized carbons (Fsp3) is 0.250. The third kappa shape index (κ3) is 1.69. The van der Waals surface area contributed by atoms with E-state index >= 15 is 0 Å². The number of halogens is 2. The maximum atomic E-state index is 12.8. The molecule has 0 spiro atoms. The van der Waals surface area contributed by atoms with Crippen LogP contribution in [0.5, 0.6) is 0 Å². The monoisotopic (exact) mass is 280 g/mol. The van der Waals surface area contributed by atoms with E-state index in [9.17, 15) is 12.3 Å². The predicted octanol–water partition coefficient (Wildman–Crippen LogP) is 2.14. The van der Waals surface area contributed by atoms with Crippen LogP contribution in [0.3, 0.4) is 0 Å². The molecule has 1 aliphatic rings. The van der Waals surface area contributed by atoms with Crippen LogP contribution >= 0.6 is 15.9 Å². The minimum Gasteiger partial charge on any atom is -0.372 e. The molecular formula is C8H6BrFO3S. The molecule has 0 unspecified atom stereocenters. The lowest BCUT2D eigenvalue weighted by atomic mass is 10.1. The molecule has 0 atom stereocenters. The Hall–Kier alpha value is -0.460. The molecule has 0 radical (unpaired) electrons. The van der Waals surface area contributed by atoms with Gasteiger partial charge in [0.05, 0.1) is 13.2 Å². The van der Waals surface area contributed by atoms with Crippen LogP contribution < -0.4 is 0 Å². The van der Waals surface area contributed by atoms with Crippen molar-refractivity contribution in [3.8, 4) is 0 Å². The zero-order valence-corrected chi connectivity index (χ0v) is 9.36. The van der Waals surface area contributed by atoms with Gasteiger partial charge in [0.15, 0.2) is 0 Å². The first-order valence-corrected chi connectivity index (χ1v) is 6.00. The SMILES string of the molecule is O=S(=O)(F)c1cc2c(cc1Br)COC2. The molecule has 0 saturated heterocycles. The molecule has 6 heteroatoms. The summed E-state index contributed by atoms with van der Waals surface area (Å²) in [6, 6.07) is 2.89. The third-order valence-electron chi connectivity index (χ3n) is 2.03. The summed E-state index contributed by atoms with van der Waals surface area (Å²) in [5.41, 5.74) is 1.62. The van der Waals surface area contributed by atoms with Crippen molar-refractivity contribution in [2.45, 2.75) is 18.1 Å². The molecule has 1 aromatic carbocycles. The Morgan fingerprint density at radius 1 is 1.29 bits per heavy atom. The van der Waals surface area contributed by atoms with Gasteiger partial charge in [-0.05, 0) is 39.2 Å². The second-order valence-electron chi connectivity index (χ2n) is 2.98. The summed E-state index contributed by atoms with van der Waals surface area (Å²) in [5, 5.41) is 0. The smallest absolute Gasteiger partial charge is 0.333 e. The normalized spacial score (nSPS) is 15.6. The highest BCUT2D eigenvalue weighted by molar-refractivity contribution is 9.10. The Bertz CT molecular complexity index is 484. The van der Waals surface area contributed by atoms with Crippen molar-refractivity contribution in [2.75, 3.05) is 0 Å². The van der Waals surface area contributed by atoms with Crippen molar-refractivity contribution in [3.05, 3.63) is 27.7 Å². The van der Waals surface area contributed by atoms with E-state index in [-0.39, 0.29) is 9.37 Å². The largest absolute Gasteiger partial charge is 0.372 e. The molecule has 1 aromatic rings. The average molecular weight is 281 g/mol. The van der Waals surface area contributed by atoms with Crippen LogP contribution in [0.25, 0.3) is 0 Å². The zero-order valence-electron chi connectivity index (χ0n) is 6.96. The van der Waals surface area contributed by atoms with Crippen molar-refractivity contribution < 1.29 is 17.0 Å². The molecule has 1 aliphatic heterocycles. The van der Waals surface area contributed by atoms with E-state index in [1.165, 1.54) is 6.07 Å². The second kappa shape index (κ2) is 3.29. The highest BCUT2D eigenvalue weighted by atomic mass is 79.9. The minimum atomic E-state index is -4.66. The van der Waals surface area contributed by atoms with Gasteiger partial charge >= 0.3 is 10.2 Å². The van der Waals surface area contributed by atoms with Crippen molar-refractivity contribution in [1.29, 1.82) is 0 Å². The lowest BCUT2D eigenvalue weighted by Gasteiger charge is -2.02. The summed E-state index contributed by atoms with van der Waals surface area (Å²) in [5.74, 6) is 0. The number of hydrogen-bond donors (Lipinski definition) is 0. The number of rotatable bonds is 1. The zero-order chi connectivity index (χ0) is 10.3. The molecule has 0 aliphatic carbocycles. The predicted molar refractivity (Wildman–Crippen MR) is 50.9 cm³/mol. The van der Waals surface area contributed by atoms with Gasteiger partial charge in [-0.1, -0.05) is 0 Å². The molecule has 0 saturated carbocycles. The van der Waals surface area contributed by atoms with Crippen LogP contribution in [-0.4, -0.2) is 8.42 Å². The summed E-state index contributed by atoms with van der Waals surface area (Å²) in [4.78, 5) is -0.332. The molecule has 76 valence electrons. The molecule has 0 amide bonds. The molecule has 14 heavy (non-hydrogen) atoms. The summed E-state index contributed by atoms with van der Waals surface area (Å²) in [7, 11) is -4.66. The molecule has 0 aromatic heterocycles. The van der Waals surface area contributed by atoms with Gasteiger partial charge in [-0.25, -0.2) is 0 Å². The number of fused-ring (bicyclic) bond motifs is 1. The Kier molecular flexibility index (Phi) is 2.36. The van der Waals surface area contributed by atoms with Crippen molar-refractivity contribution in [3.63, 3.8) is 0 Å². The van der Waals surface area contributed by atoms with Gasteiger partial charge in [-0.3, -0.25) is 0 Å². The van der Waals surface area contributed by atoms with E-state index in [4.69, 9.17) is 4.74 Å². The Balaban J connectivity index is 2.65. The Labute approximate surface area is 89.2 Å². The first-order chi connectivity index (χ1) is 6.48. The van der Waals surface area contributed by atoms with Gasteiger partial charge in [-0.15, -0.1) is 3.89 Å². The molecular weight excluding hydrogens is 275 g/mol. The van der Waals surface area contributed by atoms with Crippen LogP contribution in [-0.2, 0) is 28.2 Å². The van der Waals surface area contributed by atoms with Crippen LogP contribution in [0.4, 0.5) is 3.89 Å². The summed E-state index contributed by atoms with van der Waals surface area (Å²) < 4.78 is 39.5. The standard InChI is InChI=1S/C8H6BrFO3S/c9-7-1-5-3-13-4-6(5)2-8(7)14(10,11)12/h1-2H,3-4H2. The average Bonchev–Trinajstić information content (AvgIpc) is 2.47. The van der Waals surface area contributed by atoms with E-state index in [2.05, 4.69) is 15.9 Å². The molecule has 1 heterocycles. The van der Waals surface area contributed by atoms with Crippen molar-refractivity contribution >= 4 is 26.2 Å². The Morgan fingerprint density at radius 3 is 2.43 bits per heavy atom. The van der Waals surface area contributed by atoms with Crippen LogP contribution in [0.15, 0.2) is 21.5 Å². The fourth-order valence-corrected chi connectivity index (χ4v) is 2.91. The van der Waals surface area contributed by atoms with Gasteiger partial charge in [0.2, 0.25) is 0 Å². The van der Waals surface area contributed by atoms with E-state index in [1.807, 2.05) is 0 Å². The maximum absolute atomic E-state index is 12.8. The highest BCUT2D eigenvalue weighted by Gasteiger charge is 2.21. The maximum Gasteiger partial charge on any atom is 0.333 e. The Morgan fingerprint density at radius 2 is 1.86 bits per heavy atom. The summed E-state index contributed by atoms with van der Waals surface area (Å²) in [6.07, 6.45) is 0. The van der Waals surface area contributed by atoms with Crippen molar-refractivity contribution in [2.24, 2.45) is 0 Å². The quantitative estimate of drug-likeness (QED) is 0.741. The van der Waals surface area contributed by atoms with E-state index in [0.717, 1.165) is 11.1 Å². The molecule has 2 rings (SSSR count). The van der Waals surface area contributed by atoms with Crippen LogP contribution in [0.1, 0.15) is 11.1 Å². The lowest BCUT2D eigenvalue weighted by Crippen LogP contribution is -1.96. The molecule has 0 fully saturated rings. The van der Waals surface area contributed by atoms with Gasteiger partial charge in [0.1, 0.15) is 4.90 Å². The van der Waals surface area contributed by atoms with E-state index in [1.54, 1.807) is 6.07 Å². The van der Waals surface area contributed by atoms with Gasteiger partial charge in [-0.2, -0.15) is 8.42 Å². The number of ether oxygens (including phenoxy) is 1. The summed E-state index contributed by atoms with van der Waals surface area (Å²) >= 11 is 3.01. The third-order valence-corrected chi connectivity index (χ3v) is 3.81. The number of benzene rings is 1. The molecule has 0 N–H and O–H groups in total. The minimum absolute atomic E-state index is 0.240. The first-order valence-electron chi connectivity index (χ1n) is 3.82. The van der Waals surface area contributed by atoms with Gasteiger partial charge in [0.25, 0.3) is 0 Å². The van der Waals surface area contributed by atoms with Crippen molar-refractivity contribution in [1.82, 2.24) is 0 Å². The lowest BCUT2D eigenvalue weighted by molar-refractivity contribution is 0.134. The topological polar surface area (TPSA) is 43.4 Å². The summed E-state index contributed by atoms with van der Waals surface area (Å²) in [6.45, 7) is 0.783. The van der Waals surface area contributed by atoms with Gasteiger partial charge in [0, 0.05) is 4.47 Å². The molecule has 3 nitrogen and oxygen atoms in total. The van der Waals surface area contributed by atoms with Gasteiger partial charge < -0.3 is 4.74 Å². The fourth-order valence-electron chi connectivity index (χ4n) is 1.36. The first kappa shape index (κ1) is 10.1. The molecule has 0 bridgehead atoms. The highest BCUT2D eigenvalue weighted by Crippen LogP contribution is 2.30. The van der Waals surface area contributed by atoms with Crippen LogP contribution in [0.2, 0.25) is 0 Å². The van der Waals surface area contributed by atoms with Crippen LogP contribution in [0, 0.1) is 0 Å². The van der Waals surface area contributed by atoms with E-state index < -0.39 is 10.2 Å².